The summed E-state index contributed by atoms with van der Waals surface area (Å²) < 4.78 is 0. The molecule has 1 fully saturated rings. The Morgan fingerprint density at radius 2 is 2.00 bits per heavy atom. The van der Waals surface area contributed by atoms with Crippen molar-refractivity contribution >= 4 is 23.2 Å². The lowest BCUT2D eigenvalue weighted by atomic mass is 10.2. The van der Waals surface area contributed by atoms with Gasteiger partial charge in [-0.1, -0.05) is 11.6 Å². The van der Waals surface area contributed by atoms with E-state index in [2.05, 4.69) is 10.6 Å². The zero-order chi connectivity index (χ0) is 11.5. The number of rotatable bonds is 4. The molecule has 0 radical (unpaired) electrons. The van der Waals surface area contributed by atoms with Gasteiger partial charge < -0.3 is 10.6 Å². The van der Waals surface area contributed by atoms with Crippen molar-refractivity contribution in [1.29, 1.82) is 0 Å². The summed E-state index contributed by atoms with van der Waals surface area (Å²) in [6.45, 7) is 1.88. The van der Waals surface area contributed by atoms with Crippen molar-refractivity contribution < 1.29 is 4.79 Å². The van der Waals surface area contributed by atoms with Gasteiger partial charge in [-0.25, -0.2) is 0 Å². The third kappa shape index (κ3) is 3.22. The maximum absolute atomic E-state index is 11.8. The molecule has 1 aromatic carbocycles. The van der Waals surface area contributed by atoms with Gasteiger partial charge in [0.2, 0.25) is 5.91 Å². The van der Waals surface area contributed by atoms with Gasteiger partial charge in [-0.05, 0) is 44.0 Å². The molecule has 1 amide bonds. The molecule has 3 nitrogen and oxygen atoms in total. The Bertz CT molecular complexity index is 373. The van der Waals surface area contributed by atoms with Crippen molar-refractivity contribution in [2.45, 2.75) is 31.8 Å². The lowest BCUT2D eigenvalue weighted by Gasteiger charge is -2.13. The number of hydrogen-bond donors (Lipinski definition) is 2. The van der Waals surface area contributed by atoms with Crippen molar-refractivity contribution in [3.05, 3.63) is 29.3 Å². The predicted molar refractivity (Wildman–Crippen MR) is 65.7 cm³/mol. The summed E-state index contributed by atoms with van der Waals surface area (Å²) in [6.07, 6.45) is 2.36. The average molecular weight is 239 g/mol. The maximum Gasteiger partial charge on any atom is 0.241 e. The number of carbonyl (C=O) groups excluding carboxylic acids is 1. The van der Waals surface area contributed by atoms with E-state index in [9.17, 15) is 4.79 Å². The molecule has 1 aromatic rings. The summed E-state index contributed by atoms with van der Waals surface area (Å²) in [5.41, 5.74) is 0.777. The van der Waals surface area contributed by atoms with Gasteiger partial charge in [-0.3, -0.25) is 4.79 Å². The number of anilines is 1. The highest BCUT2D eigenvalue weighted by atomic mass is 35.5. The van der Waals surface area contributed by atoms with Crippen LogP contribution >= 0.6 is 11.6 Å². The van der Waals surface area contributed by atoms with Crippen molar-refractivity contribution in [2.24, 2.45) is 0 Å². The van der Waals surface area contributed by atoms with Crippen LogP contribution in [0, 0.1) is 0 Å². The molecular formula is C12H15ClN2O. The fourth-order valence-electron chi connectivity index (χ4n) is 1.46. The SMILES string of the molecule is CC(NC1CC1)C(=O)Nc1ccc(Cl)cc1. The molecule has 2 N–H and O–H groups in total. The van der Waals surface area contributed by atoms with E-state index in [0.29, 0.717) is 11.1 Å². The molecule has 0 heterocycles. The molecule has 1 saturated carbocycles. The van der Waals surface area contributed by atoms with Crippen LogP contribution in [0.1, 0.15) is 19.8 Å². The van der Waals surface area contributed by atoms with Crippen LogP contribution in [0.3, 0.4) is 0 Å². The zero-order valence-electron chi connectivity index (χ0n) is 9.16. The Labute approximate surface area is 100 Å². The molecule has 1 unspecified atom stereocenters. The van der Waals surface area contributed by atoms with E-state index < -0.39 is 0 Å². The van der Waals surface area contributed by atoms with Gasteiger partial charge in [-0.2, -0.15) is 0 Å². The third-order valence-electron chi connectivity index (χ3n) is 2.57. The summed E-state index contributed by atoms with van der Waals surface area (Å²) in [6, 6.07) is 7.50. The van der Waals surface area contributed by atoms with Crippen LogP contribution in [0.15, 0.2) is 24.3 Å². The molecule has 1 atom stereocenters. The number of carbonyl (C=O) groups is 1. The van der Waals surface area contributed by atoms with Gasteiger partial charge in [0.25, 0.3) is 0 Å². The monoisotopic (exact) mass is 238 g/mol. The van der Waals surface area contributed by atoms with E-state index in [-0.39, 0.29) is 11.9 Å². The second-order valence-corrected chi connectivity index (χ2v) is 4.60. The van der Waals surface area contributed by atoms with Crippen LogP contribution in [0.4, 0.5) is 5.69 Å². The first-order chi connectivity index (χ1) is 7.65. The summed E-state index contributed by atoms with van der Waals surface area (Å²) >= 11 is 5.76. The second-order valence-electron chi connectivity index (χ2n) is 4.16. The number of halogens is 1. The van der Waals surface area contributed by atoms with Crippen LogP contribution in [0.25, 0.3) is 0 Å². The fraction of sp³-hybridized carbons (Fsp3) is 0.417. The fourth-order valence-corrected chi connectivity index (χ4v) is 1.59. The van der Waals surface area contributed by atoms with Crippen molar-refractivity contribution in [3.8, 4) is 0 Å². The van der Waals surface area contributed by atoms with E-state index in [1.807, 2.05) is 6.92 Å². The Morgan fingerprint density at radius 3 is 2.56 bits per heavy atom. The van der Waals surface area contributed by atoms with Gasteiger partial charge in [0.05, 0.1) is 6.04 Å². The van der Waals surface area contributed by atoms with Crippen LogP contribution in [-0.4, -0.2) is 18.0 Å². The first kappa shape index (κ1) is 11.4. The Hall–Kier alpha value is -1.06. The van der Waals surface area contributed by atoms with E-state index in [1.54, 1.807) is 24.3 Å². The lowest BCUT2D eigenvalue weighted by Crippen LogP contribution is -2.39. The van der Waals surface area contributed by atoms with Gasteiger partial charge in [-0.15, -0.1) is 0 Å². The van der Waals surface area contributed by atoms with Gasteiger partial charge in [0, 0.05) is 16.8 Å². The van der Waals surface area contributed by atoms with E-state index in [1.165, 1.54) is 12.8 Å². The van der Waals surface area contributed by atoms with Crippen molar-refractivity contribution in [1.82, 2.24) is 5.32 Å². The van der Waals surface area contributed by atoms with Gasteiger partial charge >= 0.3 is 0 Å². The molecule has 86 valence electrons. The second kappa shape index (κ2) is 4.85. The maximum atomic E-state index is 11.8. The first-order valence-corrected chi connectivity index (χ1v) is 5.85. The third-order valence-corrected chi connectivity index (χ3v) is 2.82. The zero-order valence-corrected chi connectivity index (χ0v) is 9.92. The largest absolute Gasteiger partial charge is 0.325 e. The highest BCUT2D eigenvalue weighted by Crippen LogP contribution is 2.19. The summed E-state index contributed by atoms with van der Waals surface area (Å²) in [5.74, 6) is -0.00535. The number of amides is 1. The molecule has 0 aliphatic heterocycles. The molecule has 0 aromatic heterocycles. The quantitative estimate of drug-likeness (QED) is 0.846. The van der Waals surface area contributed by atoms with Crippen LogP contribution in [0.2, 0.25) is 5.02 Å². The van der Waals surface area contributed by atoms with Crippen LogP contribution in [-0.2, 0) is 4.79 Å². The van der Waals surface area contributed by atoms with Crippen molar-refractivity contribution in [3.63, 3.8) is 0 Å². The smallest absolute Gasteiger partial charge is 0.241 e. The molecule has 4 heteroatoms. The van der Waals surface area contributed by atoms with E-state index in [4.69, 9.17) is 11.6 Å². The number of nitrogens with one attached hydrogen (secondary N) is 2. The highest BCUT2D eigenvalue weighted by molar-refractivity contribution is 6.30. The van der Waals surface area contributed by atoms with E-state index >= 15 is 0 Å². The van der Waals surface area contributed by atoms with Crippen LogP contribution in [0.5, 0.6) is 0 Å². The Balaban J connectivity index is 1.87. The summed E-state index contributed by atoms with van der Waals surface area (Å²) in [7, 11) is 0. The summed E-state index contributed by atoms with van der Waals surface area (Å²) in [4.78, 5) is 11.8. The minimum Gasteiger partial charge on any atom is -0.325 e. The van der Waals surface area contributed by atoms with Crippen LogP contribution < -0.4 is 10.6 Å². The normalized spacial score (nSPS) is 16.9. The standard InChI is InChI=1S/C12H15ClN2O/c1-8(14-10-6-7-10)12(16)15-11-4-2-9(13)3-5-11/h2-5,8,10,14H,6-7H2,1H3,(H,15,16). The minimum atomic E-state index is -0.150. The molecule has 0 bridgehead atoms. The molecule has 1 aliphatic carbocycles. The molecule has 2 rings (SSSR count). The Morgan fingerprint density at radius 1 is 1.38 bits per heavy atom. The number of benzene rings is 1. The first-order valence-electron chi connectivity index (χ1n) is 5.47. The highest BCUT2D eigenvalue weighted by Gasteiger charge is 2.25. The summed E-state index contributed by atoms with van der Waals surface area (Å²) in [5, 5.41) is 6.76. The van der Waals surface area contributed by atoms with Crippen molar-refractivity contribution in [2.75, 3.05) is 5.32 Å². The predicted octanol–water partition coefficient (Wildman–Crippen LogP) is 2.42. The van der Waals surface area contributed by atoms with Gasteiger partial charge in [0.1, 0.15) is 0 Å². The average Bonchev–Trinajstić information content (AvgIpc) is 3.05. The molecule has 0 spiro atoms. The topological polar surface area (TPSA) is 41.1 Å². The number of hydrogen-bond acceptors (Lipinski definition) is 2. The van der Waals surface area contributed by atoms with Gasteiger partial charge in [0.15, 0.2) is 0 Å². The molecule has 16 heavy (non-hydrogen) atoms. The van der Waals surface area contributed by atoms with E-state index in [0.717, 1.165) is 5.69 Å². The minimum absolute atomic E-state index is 0.00535. The lowest BCUT2D eigenvalue weighted by molar-refractivity contribution is -0.117. The molecular weight excluding hydrogens is 224 g/mol. The molecule has 1 aliphatic rings. The Kier molecular flexibility index (Phi) is 3.46. The molecule has 0 saturated heterocycles.